The van der Waals surface area contributed by atoms with Crippen molar-refractivity contribution in [2.45, 2.75) is 31.8 Å². The Morgan fingerprint density at radius 3 is 2.88 bits per heavy atom. The van der Waals surface area contributed by atoms with E-state index in [9.17, 15) is 4.79 Å². The van der Waals surface area contributed by atoms with Crippen molar-refractivity contribution in [3.05, 3.63) is 70.8 Å². The molecule has 7 nitrogen and oxygen atoms in total. The topological polar surface area (TPSA) is 90.7 Å². The number of hydrogen-bond acceptors (Lipinski definition) is 5. The Hall–Kier alpha value is -3.39. The largest absolute Gasteiger partial charge is 0.311 e. The van der Waals surface area contributed by atoms with E-state index < -0.39 is 0 Å². The van der Waals surface area contributed by atoms with E-state index in [1.807, 2.05) is 61.2 Å². The normalized spacial score (nSPS) is 13.4. The number of nitrogens with one attached hydrogen (secondary N) is 2. The number of H-pyrrole nitrogens is 1. The highest BCUT2D eigenvalue weighted by atomic mass is 32.2. The van der Waals surface area contributed by atoms with Crippen LogP contribution in [-0.2, 0) is 11.2 Å². The van der Waals surface area contributed by atoms with Crippen molar-refractivity contribution in [2.75, 3.05) is 17.2 Å². The van der Waals surface area contributed by atoms with Gasteiger partial charge in [0.2, 0.25) is 5.91 Å². The molecule has 1 aliphatic rings. The van der Waals surface area contributed by atoms with E-state index in [1.165, 1.54) is 17.3 Å². The number of amides is 1. The molecule has 4 aromatic rings. The number of carbonyl (C=O) groups is 1. The van der Waals surface area contributed by atoms with Crippen LogP contribution in [0.15, 0.2) is 53.7 Å². The highest BCUT2D eigenvalue weighted by Gasteiger charge is 2.23. The Morgan fingerprint density at radius 1 is 1.19 bits per heavy atom. The van der Waals surface area contributed by atoms with Gasteiger partial charge in [0.25, 0.3) is 0 Å². The Kier molecular flexibility index (Phi) is 5.30. The molecule has 32 heavy (non-hydrogen) atoms. The standard InChI is InChI=1S/C24H24N6OS/c1-15-7-5-10-18(13-15)30-22(25)21-16(2)27-28-23(21)26-24(30)32-14-20(31)29-12-6-9-17-8-3-4-11-19(17)29/h3-5,7-8,10-11,13,25H,6,9,12,14H2,1-2H3,(H,27,28). The van der Waals surface area contributed by atoms with Gasteiger partial charge < -0.3 is 4.90 Å². The second-order valence-corrected chi connectivity index (χ2v) is 8.97. The Morgan fingerprint density at radius 2 is 2.03 bits per heavy atom. The van der Waals surface area contributed by atoms with Gasteiger partial charge in [0.05, 0.1) is 11.1 Å². The van der Waals surface area contributed by atoms with Gasteiger partial charge in [0.15, 0.2) is 10.8 Å². The molecule has 1 aliphatic heterocycles. The summed E-state index contributed by atoms with van der Waals surface area (Å²) in [6, 6.07) is 16.1. The van der Waals surface area contributed by atoms with E-state index in [0.717, 1.165) is 42.0 Å². The van der Waals surface area contributed by atoms with Crippen molar-refractivity contribution in [1.82, 2.24) is 19.7 Å². The van der Waals surface area contributed by atoms with Crippen LogP contribution in [0.2, 0.25) is 0 Å². The van der Waals surface area contributed by atoms with Gasteiger partial charge in [0, 0.05) is 23.6 Å². The summed E-state index contributed by atoms with van der Waals surface area (Å²) >= 11 is 1.35. The summed E-state index contributed by atoms with van der Waals surface area (Å²) in [4.78, 5) is 19.8. The predicted octanol–water partition coefficient (Wildman–Crippen LogP) is 3.92. The fraction of sp³-hybridized carbons (Fsp3) is 0.250. The van der Waals surface area contributed by atoms with Crippen LogP contribution in [-0.4, -0.2) is 38.0 Å². The van der Waals surface area contributed by atoms with E-state index in [-0.39, 0.29) is 11.7 Å². The number of para-hydroxylation sites is 1. The molecule has 0 atom stereocenters. The minimum atomic E-state index is 0.0459. The average molecular weight is 445 g/mol. The fourth-order valence-corrected chi connectivity index (χ4v) is 5.11. The van der Waals surface area contributed by atoms with Crippen molar-refractivity contribution < 1.29 is 4.79 Å². The summed E-state index contributed by atoms with van der Waals surface area (Å²) in [6.45, 7) is 4.63. The van der Waals surface area contributed by atoms with Gasteiger partial charge in [-0.2, -0.15) is 5.10 Å². The summed E-state index contributed by atoms with van der Waals surface area (Å²) in [5.41, 5.74) is 5.77. The number of aromatic nitrogens is 4. The first kappa shape index (κ1) is 20.5. The number of anilines is 1. The molecule has 0 spiro atoms. The summed E-state index contributed by atoms with van der Waals surface area (Å²) in [5, 5.41) is 17.3. The maximum absolute atomic E-state index is 13.2. The molecule has 8 heteroatoms. The molecule has 1 amide bonds. The van der Waals surface area contributed by atoms with Gasteiger partial charge in [-0.05, 0) is 56.0 Å². The van der Waals surface area contributed by atoms with Crippen LogP contribution in [0.4, 0.5) is 5.69 Å². The molecule has 2 aromatic heterocycles. The number of carbonyl (C=O) groups excluding carboxylic acids is 1. The highest BCUT2D eigenvalue weighted by Crippen LogP contribution is 2.28. The fourth-order valence-electron chi connectivity index (χ4n) is 4.23. The zero-order chi connectivity index (χ0) is 22.2. The van der Waals surface area contributed by atoms with Crippen molar-refractivity contribution in [3.63, 3.8) is 0 Å². The molecule has 2 N–H and O–H groups in total. The Balaban J connectivity index is 1.51. The predicted molar refractivity (Wildman–Crippen MR) is 126 cm³/mol. The number of aromatic amines is 1. The number of thioether (sulfide) groups is 1. The van der Waals surface area contributed by atoms with E-state index in [1.54, 1.807) is 4.57 Å². The van der Waals surface area contributed by atoms with Crippen LogP contribution in [0, 0.1) is 19.3 Å². The summed E-state index contributed by atoms with van der Waals surface area (Å²) < 4.78 is 1.81. The third kappa shape index (κ3) is 3.60. The molecule has 0 bridgehead atoms. The van der Waals surface area contributed by atoms with Gasteiger partial charge in [-0.25, -0.2) is 4.98 Å². The summed E-state index contributed by atoms with van der Waals surface area (Å²) in [6.07, 6.45) is 1.96. The first-order chi connectivity index (χ1) is 15.5. The first-order valence-electron chi connectivity index (χ1n) is 10.6. The Bertz CT molecular complexity index is 1390. The van der Waals surface area contributed by atoms with Gasteiger partial charge >= 0.3 is 0 Å². The molecular formula is C24H24N6OS. The number of hydrogen-bond donors (Lipinski definition) is 2. The minimum absolute atomic E-state index is 0.0459. The summed E-state index contributed by atoms with van der Waals surface area (Å²) in [5.74, 6) is 0.284. The van der Waals surface area contributed by atoms with Crippen LogP contribution < -0.4 is 10.4 Å². The van der Waals surface area contributed by atoms with Gasteiger partial charge in [-0.3, -0.25) is 19.9 Å². The van der Waals surface area contributed by atoms with Crippen LogP contribution in [0.3, 0.4) is 0 Å². The number of rotatable bonds is 4. The lowest BCUT2D eigenvalue weighted by atomic mass is 10.0. The van der Waals surface area contributed by atoms with E-state index in [0.29, 0.717) is 21.7 Å². The third-order valence-electron chi connectivity index (χ3n) is 5.78. The van der Waals surface area contributed by atoms with Crippen molar-refractivity contribution in [2.24, 2.45) is 0 Å². The van der Waals surface area contributed by atoms with Crippen LogP contribution >= 0.6 is 11.8 Å². The smallest absolute Gasteiger partial charge is 0.237 e. The molecular weight excluding hydrogens is 420 g/mol. The van der Waals surface area contributed by atoms with E-state index >= 15 is 0 Å². The molecule has 2 aromatic carbocycles. The summed E-state index contributed by atoms with van der Waals surface area (Å²) in [7, 11) is 0. The van der Waals surface area contributed by atoms with E-state index in [2.05, 4.69) is 16.3 Å². The zero-order valence-electron chi connectivity index (χ0n) is 18.1. The zero-order valence-corrected chi connectivity index (χ0v) is 18.9. The molecule has 0 saturated carbocycles. The number of benzene rings is 2. The first-order valence-corrected chi connectivity index (χ1v) is 11.6. The molecule has 0 unspecified atom stereocenters. The lowest BCUT2D eigenvalue weighted by molar-refractivity contribution is -0.116. The van der Waals surface area contributed by atoms with Crippen molar-refractivity contribution in [3.8, 4) is 5.69 Å². The molecule has 0 saturated heterocycles. The third-order valence-corrected chi connectivity index (χ3v) is 6.70. The van der Waals surface area contributed by atoms with Gasteiger partial charge in [-0.1, -0.05) is 42.1 Å². The maximum atomic E-state index is 13.2. The molecule has 0 radical (unpaired) electrons. The second kappa shape index (κ2) is 8.27. The highest BCUT2D eigenvalue weighted by molar-refractivity contribution is 7.99. The van der Waals surface area contributed by atoms with Crippen LogP contribution in [0.5, 0.6) is 0 Å². The monoisotopic (exact) mass is 444 g/mol. The molecule has 162 valence electrons. The minimum Gasteiger partial charge on any atom is -0.311 e. The van der Waals surface area contributed by atoms with Gasteiger partial charge in [-0.15, -0.1) is 0 Å². The SMILES string of the molecule is Cc1cccc(-n2c(SCC(=O)N3CCCc4ccccc43)nc3n[nH]c(C)c3c2=N)c1. The number of fused-ring (bicyclic) bond motifs is 2. The number of nitrogens with zero attached hydrogens (tertiary/aromatic N) is 4. The van der Waals surface area contributed by atoms with E-state index in [4.69, 9.17) is 10.4 Å². The molecule has 0 aliphatic carbocycles. The molecule has 3 heterocycles. The maximum Gasteiger partial charge on any atom is 0.237 e. The Labute approximate surface area is 190 Å². The van der Waals surface area contributed by atoms with Gasteiger partial charge in [0.1, 0.15) is 5.49 Å². The number of aryl methyl sites for hydroxylation is 3. The van der Waals surface area contributed by atoms with Crippen LogP contribution in [0.1, 0.15) is 23.2 Å². The van der Waals surface area contributed by atoms with Crippen molar-refractivity contribution >= 4 is 34.4 Å². The second-order valence-electron chi connectivity index (χ2n) is 8.03. The quantitative estimate of drug-likeness (QED) is 0.369. The van der Waals surface area contributed by atoms with Crippen LogP contribution in [0.25, 0.3) is 16.7 Å². The lowest BCUT2D eigenvalue weighted by Gasteiger charge is -2.29. The van der Waals surface area contributed by atoms with Crippen molar-refractivity contribution in [1.29, 1.82) is 5.41 Å². The molecule has 5 rings (SSSR count). The lowest BCUT2D eigenvalue weighted by Crippen LogP contribution is -2.36. The molecule has 0 fully saturated rings. The average Bonchev–Trinajstić information content (AvgIpc) is 3.17.